The first-order valence-corrected chi connectivity index (χ1v) is 9.56. The van der Waals surface area contributed by atoms with E-state index in [2.05, 4.69) is 17.6 Å². The third-order valence-electron chi connectivity index (χ3n) is 4.62. The largest absolute Gasteiger partial charge is 0.455 e. The number of hydrogen-bond donors (Lipinski definition) is 2. The zero-order valence-electron chi connectivity index (χ0n) is 16.1. The van der Waals surface area contributed by atoms with Gasteiger partial charge in [-0.2, -0.15) is 0 Å². The lowest BCUT2D eigenvalue weighted by molar-refractivity contribution is -0.154. The molecule has 148 valence electrons. The highest BCUT2D eigenvalue weighted by molar-refractivity contribution is 5.89. The Bertz CT molecular complexity index is 627. The van der Waals surface area contributed by atoms with E-state index >= 15 is 0 Å². The molecule has 1 atom stereocenters. The molecule has 1 aliphatic rings. The number of hydrogen-bond acceptors (Lipinski definition) is 4. The predicted molar refractivity (Wildman–Crippen MR) is 103 cm³/mol. The number of benzene rings is 1. The second-order valence-electron chi connectivity index (χ2n) is 6.92. The lowest BCUT2D eigenvalue weighted by Gasteiger charge is -2.30. The molecule has 2 rings (SSSR count). The van der Waals surface area contributed by atoms with E-state index in [4.69, 9.17) is 4.74 Å². The van der Waals surface area contributed by atoms with Crippen LogP contribution in [0.2, 0.25) is 0 Å². The van der Waals surface area contributed by atoms with Crippen LogP contribution in [0.5, 0.6) is 0 Å². The van der Waals surface area contributed by atoms with Gasteiger partial charge in [-0.15, -0.1) is 0 Å². The van der Waals surface area contributed by atoms with Crippen LogP contribution in [0.4, 0.5) is 10.5 Å². The minimum Gasteiger partial charge on any atom is -0.455 e. The van der Waals surface area contributed by atoms with Crippen LogP contribution in [0, 0.1) is 5.92 Å². The minimum absolute atomic E-state index is 0.0765. The summed E-state index contributed by atoms with van der Waals surface area (Å²) in [5.74, 6) is -0.910. The Morgan fingerprint density at radius 3 is 2.48 bits per heavy atom. The van der Waals surface area contributed by atoms with Gasteiger partial charge in [-0.3, -0.25) is 9.59 Å². The number of amides is 3. The smallest absolute Gasteiger partial charge is 0.321 e. The molecule has 2 N–H and O–H groups in total. The molecule has 1 aliphatic heterocycles. The van der Waals surface area contributed by atoms with Crippen LogP contribution < -0.4 is 10.6 Å². The van der Waals surface area contributed by atoms with E-state index in [1.165, 1.54) is 0 Å². The first-order chi connectivity index (χ1) is 13.0. The molecule has 27 heavy (non-hydrogen) atoms. The molecular formula is C20H29N3O4. The lowest BCUT2D eigenvalue weighted by Crippen LogP contribution is -2.43. The Kier molecular flexibility index (Phi) is 8.10. The molecule has 0 bridgehead atoms. The molecule has 1 saturated heterocycles. The summed E-state index contributed by atoms with van der Waals surface area (Å²) in [5.41, 5.74) is 0.743. The minimum atomic E-state index is -0.364. The van der Waals surface area contributed by atoms with E-state index in [9.17, 15) is 14.4 Å². The highest BCUT2D eigenvalue weighted by Crippen LogP contribution is 2.19. The molecule has 0 saturated carbocycles. The Labute approximate surface area is 160 Å². The van der Waals surface area contributed by atoms with E-state index in [0.29, 0.717) is 25.9 Å². The highest BCUT2D eigenvalue weighted by Gasteiger charge is 2.28. The van der Waals surface area contributed by atoms with Crippen LogP contribution in [0.25, 0.3) is 0 Å². The maximum atomic E-state index is 12.3. The Hall–Kier alpha value is -2.57. The number of para-hydroxylation sites is 1. The number of carbonyl (C=O) groups excluding carboxylic acids is 3. The Morgan fingerprint density at radius 2 is 1.85 bits per heavy atom. The van der Waals surface area contributed by atoms with E-state index < -0.39 is 0 Å². The van der Waals surface area contributed by atoms with Crippen molar-refractivity contribution in [1.29, 1.82) is 0 Å². The molecule has 0 unspecified atom stereocenters. The van der Waals surface area contributed by atoms with Gasteiger partial charge < -0.3 is 20.3 Å². The van der Waals surface area contributed by atoms with Gasteiger partial charge in [0.2, 0.25) is 0 Å². The van der Waals surface area contributed by atoms with Crippen molar-refractivity contribution in [2.24, 2.45) is 5.92 Å². The maximum Gasteiger partial charge on any atom is 0.321 e. The van der Waals surface area contributed by atoms with Crippen LogP contribution in [0.15, 0.2) is 30.3 Å². The zero-order chi connectivity index (χ0) is 19.6. The second kappa shape index (κ2) is 10.5. The van der Waals surface area contributed by atoms with Gasteiger partial charge >= 0.3 is 12.0 Å². The molecule has 7 nitrogen and oxygen atoms in total. The summed E-state index contributed by atoms with van der Waals surface area (Å²) in [6.07, 6.45) is 2.95. The van der Waals surface area contributed by atoms with Crippen LogP contribution in [0.3, 0.4) is 0 Å². The number of carbonyl (C=O) groups is 3. The molecule has 1 fully saturated rings. The van der Waals surface area contributed by atoms with Crippen molar-refractivity contribution in [3.8, 4) is 0 Å². The summed E-state index contributed by atoms with van der Waals surface area (Å²) in [7, 11) is 0. The number of likely N-dealkylation sites (tertiary alicyclic amines) is 1. The quantitative estimate of drug-likeness (QED) is 0.718. The van der Waals surface area contributed by atoms with Gasteiger partial charge in [0.1, 0.15) is 0 Å². The molecule has 7 heteroatoms. The molecule has 0 aromatic heterocycles. The maximum absolute atomic E-state index is 12.3. The Balaban J connectivity index is 1.69. The van der Waals surface area contributed by atoms with Gasteiger partial charge in [-0.05, 0) is 38.3 Å². The number of nitrogens with zero attached hydrogens (tertiary/aromatic N) is 1. The number of nitrogens with one attached hydrogen (secondary N) is 2. The molecular weight excluding hydrogens is 346 g/mol. The average Bonchev–Trinajstić information content (AvgIpc) is 2.67. The van der Waals surface area contributed by atoms with Crippen LogP contribution >= 0.6 is 0 Å². The van der Waals surface area contributed by atoms with Gasteiger partial charge in [0, 0.05) is 24.8 Å². The third kappa shape index (κ3) is 6.92. The molecule has 0 aliphatic carbocycles. The van der Waals surface area contributed by atoms with E-state index in [-0.39, 0.29) is 36.5 Å². The number of anilines is 1. The Morgan fingerprint density at radius 1 is 1.19 bits per heavy atom. The second-order valence-corrected chi connectivity index (χ2v) is 6.92. The summed E-state index contributed by atoms with van der Waals surface area (Å²) >= 11 is 0. The third-order valence-corrected chi connectivity index (χ3v) is 4.62. The summed E-state index contributed by atoms with van der Waals surface area (Å²) in [5, 5.41) is 5.65. The lowest BCUT2D eigenvalue weighted by atomic mass is 9.97. The van der Waals surface area contributed by atoms with Gasteiger partial charge in [0.05, 0.1) is 5.92 Å². The van der Waals surface area contributed by atoms with E-state index in [1.807, 2.05) is 37.3 Å². The normalized spacial score (nSPS) is 15.7. The molecule has 3 amide bonds. The fraction of sp³-hybridized carbons (Fsp3) is 0.550. The van der Waals surface area contributed by atoms with Crippen molar-refractivity contribution in [3.63, 3.8) is 0 Å². The molecule has 0 radical (unpaired) electrons. The van der Waals surface area contributed by atoms with Gasteiger partial charge in [-0.25, -0.2) is 4.79 Å². The molecule has 1 heterocycles. The highest BCUT2D eigenvalue weighted by atomic mass is 16.5. The fourth-order valence-electron chi connectivity index (χ4n) is 3.12. The first-order valence-electron chi connectivity index (χ1n) is 9.56. The van der Waals surface area contributed by atoms with Crippen molar-refractivity contribution in [1.82, 2.24) is 10.2 Å². The summed E-state index contributed by atoms with van der Waals surface area (Å²) in [6.45, 7) is 4.70. The number of urea groups is 1. The molecule has 1 aromatic carbocycles. The van der Waals surface area contributed by atoms with Crippen molar-refractivity contribution < 1.29 is 19.1 Å². The zero-order valence-corrected chi connectivity index (χ0v) is 16.1. The summed E-state index contributed by atoms with van der Waals surface area (Å²) in [6, 6.07) is 9.17. The van der Waals surface area contributed by atoms with Crippen LogP contribution in [-0.2, 0) is 14.3 Å². The predicted octanol–water partition coefficient (Wildman–Crippen LogP) is 2.78. The fourth-order valence-corrected chi connectivity index (χ4v) is 3.12. The van der Waals surface area contributed by atoms with Crippen molar-refractivity contribution >= 4 is 23.6 Å². The van der Waals surface area contributed by atoms with Crippen molar-refractivity contribution in [2.75, 3.05) is 25.0 Å². The standard InChI is InChI=1S/C20H29N3O4/c1-3-7-15(2)21-18(24)14-27-19(25)16-10-12-23(13-11-16)20(26)22-17-8-5-4-6-9-17/h4-6,8-9,15-16H,3,7,10-14H2,1-2H3,(H,21,24)(H,22,26)/t15-/m0/s1. The number of ether oxygens (including phenoxy) is 1. The molecule has 0 spiro atoms. The van der Waals surface area contributed by atoms with Crippen molar-refractivity contribution in [2.45, 2.75) is 45.6 Å². The molecule has 1 aromatic rings. The van der Waals surface area contributed by atoms with Crippen LogP contribution in [-0.4, -0.2) is 48.5 Å². The first kappa shape index (κ1) is 20.7. The monoisotopic (exact) mass is 375 g/mol. The topological polar surface area (TPSA) is 87.7 Å². The van der Waals surface area contributed by atoms with Gasteiger partial charge in [0.15, 0.2) is 6.61 Å². The number of piperidine rings is 1. The number of esters is 1. The van der Waals surface area contributed by atoms with E-state index in [0.717, 1.165) is 18.5 Å². The SMILES string of the molecule is CCC[C@H](C)NC(=O)COC(=O)C1CCN(C(=O)Nc2ccccc2)CC1. The van der Waals surface area contributed by atoms with Crippen LogP contribution in [0.1, 0.15) is 39.5 Å². The number of rotatable bonds is 7. The van der Waals surface area contributed by atoms with E-state index in [1.54, 1.807) is 4.90 Å². The summed E-state index contributed by atoms with van der Waals surface area (Å²) in [4.78, 5) is 37.9. The van der Waals surface area contributed by atoms with Gasteiger partial charge in [0.25, 0.3) is 5.91 Å². The summed E-state index contributed by atoms with van der Waals surface area (Å²) < 4.78 is 5.14. The van der Waals surface area contributed by atoms with Crippen molar-refractivity contribution in [3.05, 3.63) is 30.3 Å². The van der Waals surface area contributed by atoms with Gasteiger partial charge in [-0.1, -0.05) is 31.5 Å². The average molecular weight is 375 g/mol.